The fraction of sp³-hybridized carbons (Fsp3) is 0.300. The Morgan fingerprint density at radius 1 is 0.923 bits per heavy atom. The van der Waals surface area contributed by atoms with Gasteiger partial charge in [-0.2, -0.15) is 0 Å². The number of carbonyl (C=O) groups excluding carboxylic acids is 2. The minimum Gasteiger partial charge on any atom is -0.455 e. The average molecular weight is 375 g/mol. The van der Waals surface area contributed by atoms with E-state index in [0.717, 1.165) is 16.8 Å². The third kappa shape index (κ3) is 6.08. The Balaban J connectivity index is 1.79. The molecule has 2 rings (SSSR count). The van der Waals surface area contributed by atoms with Crippen molar-refractivity contribution < 1.29 is 14.3 Å². The zero-order valence-corrected chi connectivity index (χ0v) is 16.0. The van der Waals surface area contributed by atoms with Crippen LogP contribution in [-0.2, 0) is 27.3 Å². The molecule has 0 atom stereocenters. The molecule has 0 radical (unpaired) electrons. The van der Waals surface area contributed by atoms with Crippen molar-refractivity contribution in [1.82, 2.24) is 4.90 Å². The summed E-state index contributed by atoms with van der Waals surface area (Å²) in [5.74, 6) is -0.685. The largest absolute Gasteiger partial charge is 0.455 e. The van der Waals surface area contributed by atoms with Crippen LogP contribution in [0.1, 0.15) is 11.1 Å². The van der Waals surface area contributed by atoms with E-state index in [2.05, 4.69) is 0 Å². The maximum Gasteiger partial charge on any atom is 0.310 e. The molecule has 6 heteroatoms. The highest BCUT2D eigenvalue weighted by Gasteiger charge is 2.13. The third-order valence-electron chi connectivity index (χ3n) is 3.92. The van der Waals surface area contributed by atoms with Crippen molar-refractivity contribution in [2.75, 3.05) is 32.6 Å². The smallest absolute Gasteiger partial charge is 0.310 e. The quantitative estimate of drug-likeness (QED) is 0.698. The summed E-state index contributed by atoms with van der Waals surface area (Å²) in [6.07, 6.45) is 0.111. The molecule has 0 fully saturated rings. The van der Waals surface area contributed by atoms with Gasteiger partial charge in [-0.15, -0.1) is 0 Å². The van der Waals surface area contributed by atoms with E-state index in [1.807, 2.05) is 43.3 Å². The molecule has 0 aliphatic carbocycles. The predicted molar refractivity (Wildman–Crippen MR) is 103 cm³/mol. The SMILES string of the molecule is CN(Cc1ccc(N(C)C)cc1)C(=O)COC(=O)Cc1ccc(Cl)cc1. The van der Waals surface area contributed by atoms with E-state index in [-0.39, 0.29) is 18.9 Å². The second kappa shape index (κ2) is 9.25. The Morgan fingerprint density at radius 2 is 1.50 bits per heavy atom. The highest BCUT2D eigenvalue weighted by molar-refractivity contribution is 6.30. The first-order valence-corrected chi connectivity index (χ1v) is 8.63. The first-order chi connectivity index (χ1) is 12.3. The lowest BCUT2D eigenvalue weighted by atomic mass is 10.1. The van der Waals surface area contributed by atoms with E-state index in [0.29, 0.717) is 11.6 Å². The van der Waals surface area contributed by atoms with Crippen LogP contribution < -0.4 is 4.90 Å². The molecular formula is C20H23ClN2O3. The highest BCUT2D eigenvalue weighted by atomic mass is 35.5. The number of nitrogens with zero attached hydrogens (tertiary/aromatic N) is 2. The number of ether oxygens (including phenoxy) is 1. The summed E-state index contributed by atoms with van der Waals surface area (Å²) in [7, 11) is 5.64. The molecule has 5 nitrogen and oxygen atoms in total. The van der Waals surface area contributed by atoms with Gasteiger partial charge in [0.1, 0.15) is 0 Å². The Labute approximate surface area is 159 Å². The summed E-state index contributed by atoms with van der Waals surface area (Å²) in [6, 6.07) is 14.9. The van der Waals surface area contributed by atoms with Crippen LogP contribution in [0.5, 0.6) is 0 Å². The minimum absolute atomic E-state index is 0.111. The van der Waals surface area contributed by atoms with E-state index >= 15 is 0 Å². The van der Waals surface area contributed by atoms with E-state index in [4.69, 9.17) is 16.3 Å². The van der Waals surface area contributed by atoms with Gasteiger partial charge < -0.3 is 14.5 Å². The summed E-state index contributed by atoms with van der Waals surface area (Å²) < 4.78 is 5.08. The molecule has 0 N–H and O–H groups in total. The van der Waals surface area contributed by atoms with Crippen LogP contribution in [0.25, 0.3) is 0 Å². The molecule has 0 saturated heterocycles. The van der Waals surface area contributed by atoms with Crippen molar-refractivity contribution >= 4 is 29.2 Å². The number of esters is 1. The van der Waals surface area contributed by atoms with Crippen LogP contribution in [0.4, 0.5) is 5.69 Å². The fourth-order valence-corrected chi connectivity index (χ4v) is 2.46. The first kappa shape index (κ1) is 19.8. The number of rotatable bonds is 7. The van der Waals surface area contributed by atoms with Gasteiger partial charge in [0.25, 0.3) is 5.91 Å². The molecule has 138 valence electrons. The van der Waals surface area contributed by atoms with Crippen molar-refractivity contribution in [3.8, 4) is 0 Å². The molecular weight excluding hydrogens is 352 g/mol. The van der Waals surface area contributed by atoms with Crippen molar-refractivity contribution in [3.05, 3.63) is 64.7 Å². The molecule has 0 saturated carbocycles. The molecule has 0 aliphatic rings. The number of benzene rings is 2. The molecule has 26 heavy (non-hydrogen) atoms. The minimum atomic E-state index is -0.440. The summed E-state index contributed by atoms with van der Waals surface area (Å²) in [6.45, 7) is 0.194. The lowest BCUT2D eigenvalue weighted by Crippen LogP contribution is -2.31. The van der Waals surface area contributed by atoms with Crippen LogP contribution in [0.3, 0.4) is 0 Å². The van der Waals surface area contributed by atoms with Crippen molar-refractivity contribution in [2.45, 2.75) is 13.0 Å². The van der Waals surface area contributed by atoms with Crippen molar-refractivity contribution in [1.29, 1.82) is 0 Å². The Morgan fingerprint density at radius 3 is 2.08 bits per heavy atom. The number of halogens is 1. The topological polar surface area (TPSA) is 49.9 Å². The van der Waals surface area contributed by atoms with Gasteiger partial charge in [-0.05, 0) is 35.4 Å². The molecule has 0 bridgehead atoms. The Hall–Kier alpha value is -2.53. The number of anilines is 1. The normalized spacial score (nSPS) is 10.3. The molecule has 1 amide bonds. The van der Waals surface area contributed by atoms with Gasteiger partial charge in [0, 0.05) is 38.4 Å². The molecule has 2 aromatic carbocycles. The monoisotopic (exact) mass is 374 g/mol. The zero-order chi connectivity index (χ0) is 19.1. The van der Waals surface area contributed by atoms with Crippen LogP contribution in [0.15, 0.2) is 48.5 Å². The summed E-state index contributed by atoms with van der Waals surface area (Å²) in [4.78, 5) is 27.6. The van der Waals surface area contributed by atoms with Crippen molar-refractivity contribution in [3.63, 3.8) is 0 Å². The predicted octanol–water partition coefficient (Wildman–Crippen LogP) is 3.15. The molecule has 0 aromatic heterocycles. The Kier molecular flexibility index (Phi) is 7.04. The lowest BCUT2D eigenvalue weighted by molar-refractivity contribution is -0.151. The van der Waals surface area contributed by atoms with Gasteiger partial charge in [0.15, 0.2) is 6.61 Å². The second-order valence-corrected chi connectivity index (χ2v) is 6.71. The van der Waals surface area contributed by atoms with E-state index < -0.39 is 5.97 Å². The number of hydrogen-bond acceptors (Lipinski definition) is 4. The number of likely N-dealkylation sites (N-methyl/N-ethyl adjacent to an activating group) is 1. The van der Waals surface area contributed by atoms with Gasteiger partial charge in [0.05, 0.1) is 6.42 Å². The second-order valence-electron chi connectivity index (χ2n) is 6.27. The highest BCUT2D eigenvalue weighted by Crippen LogP contribution is 2.13. The fourth-order valence-electron chi connectivity index (χ4n) is 2.33. The number of hydrogen-bond donors (Lipinski definition) is 0. The third-order valence-corrected chi connectivity index (χ3v) is 4.17. The van der Waals surface area contributed by atoms with Gasteiger partial charge in [-0.25, -0.2) is 0 Å². The summed E-state index contributed by atoms with van der Waals surface area (Å²) >= 11 is 5.81. The standard InChI is InChI=1S/C20H23ClN2O3/c1-22(2)18-10-6-16(7-11-18)13-23(3)19(24)14-26-20(25)12-15-4-8-17(21)9-5-15/h4-11H,12-14H2,1-3H3. The average Bonchev–Trinajstić information content (AvgIpc) is 2.62. The van der Waals surface area contributed by atoms with E-state index in [1.54, 1.807) is 36.2 Å². The van der Waals surface area contributed by atoms with E-state index in [9.17, 15) is 9.59 Å². The maximum atomic E-state index is 12.1. The van der Waals surface area contributed by atoms with Crippen LogP contribution in [0, 0.1) is 0 Å². The molecule has 2 aromatic rings. The van der Waals surface area contributed by atoms with Crippen molar-refractivity contribution in [2.24, 2.45) is 0 Å². The summed E-state index contributed by atoms with van der Waals surface area (Å²) in [5.41, 5.74) is 2.90. The molecule has 0 unspecified atom stereocenters. The first-order valence-electron chi connectivity index (χ1n) is 8.25. The summed E-state index contributed by atoms with van der Waals surface area (Å²) in [5, 5.41) is 0.609. The van der Waals surface area contributed by atoms with Gasteiger partial charge >= 0.3 is 5.97 Å². The van der Waals surface area contributed by atoms with Gasteiger partial charge in [-0.3, -0.25) is 9.59 Å². The molecule has 0 spiro atoms. The molecule has 0 heterocycles. The maximum absolute atomic E-state index is 12.1. The Bertz CT molecular complexity index is 743. The van der Waals surface area contributed by atoms with Gasteiger partial charge in [-0.1, -0.05) is 35.9 Å². The lowest BCUT2D eigenvalue weighted by Gasteiger charge is -2.18. The number of carbonyl (C=O) groups is 2. The number of amides is 1. The van der Waals surface area contributed by atoms with Gasteiger partial charge in [0.2, 0.25) is 0 Å². The van der Waals surface area contributed by atoms with Crippen LogP contribution in [-0.4, -0.2) is 44.5 Å². The molecule has 0 aliphatic heterocycles. The van der Waals surface area contributed by atoms with Crippen LogP contribution in [0.2, 0.25) is 5.02 Å². The van der Waals surface area contributed by atoms with E-state index in [1.165, 1.54) is 0 Å². The zero-order valence-electron chi connectivity index (χ0n) is 15.2. The van der Waals surface area contributed by atoms with Crippen LogP contribution >= 0.6 is 11.6 Å².